The van der Waals surface area contributed by atoms with Crippen molar-refractivity contribution in [2.75, 3.05) is 25.0 Å². The molecule has 0 saturated carbocycles. The Hall–Kier alpha value is -2.84. The molecule has 0 aliphatic carbocycles. The van der Waals surface area contributed by atoms with Gasteiger partial charge in [-0.2, -0.15) is 0 Å². The number of nitrogens with one attached hydrogen (secondary N) is 1. The first-order chi connectivity index (χ1) is 14.5. The van der Waals surface area contributed by atoms with Gasteiger partial charge in [-0.3, -0.25) is 20.0 Å². The van der Waals surface area contributed by atoms with Crippen LogP contribution in [0.5, 0.6) is 0 Å². The molecule has 1 amide bonds. The van der Waals surface area contributed by atoms with Crippen LogP contribution in [-0.2, 0) is 22.5 Å². The summed E-state index contributed by atoms with van der Waals surface area (Å²) in [6.45, 7) is 6.20. The maximum atomic E-state index is 13.1. The van der Waals surface area contributed by atoms with Gasteiger partial charge in [0.1, 0.15) is 0 Å². The van der Waals surface area contributed by atoms with Crippen LogP contribution in [-0.4, -0.2) is 46.4 Å². The van der Waals surface area contributed by atoms with Crippen LogP contribution in [0, 0.1) is 6.92 Å². The number of para-hydroxylation sites is 1. The molecule has 0 radical (unpaired) electrons. The van der Waals surface area contributed by atoms with E-state index in [-0.39, 0.29) is 6.61 Å². The molecule has 0 unspecified atom stereocenters. The Balaban J connectivity index is 1.58. The van der Waals surface area contributed by atoms with E-state index < -0.39 is 11.9 Å². The second kappa shape index (κ2) is 8.89. The minimum Gasteiger partial charge on any atom is -0.452 e. The van der Waals surface area contributed by atoms with E-state index in [9.17, 15) is 9.59 Å². The monoisotopic (exact) mass is 424 g/mol. The van der Waals surface area contributed by atoms with E-state index in [4.69, 9.17) is 9.72 Å². The molecule has 1 aliphatic rings. The lowest BCUT2D eigenvalue weighted by Crippen LogP contribution is -2.33. The lowest BCUT2D eigenvalue weighted by Gasteiger charge is -2.29. The standard InChI is InChI=1S/C22H24N4O3S/c1-3-9-26-10-8-18-16(11-26)20(15-6-4-5-7-17(15)24-18)21(28)29-12-19(27)25-22-23-14(2)13-30-22/h4-7,13H,3,8-12H2,1-2H3,(H,23,25,27). The number of hydrogen-bond donors (Lipinski definition) is 1. The molecule has 30 heavy (non-hydrogen) atoms. The maximum Gasteiger partial charge on any atom is 0.339 e. The zero-order valence-corrected chi connectivity index (χ0v) is 17.9. The third-order valence-electron chi connectivity index (χ3n) is 5.07. The minimum absolute atomic E-state index is 0.360. The summed E-state index contributed by atoms with van der Waals surface area (Å²) >= 11 is 1.34. The van der Waals surface area contributed by atoms with Crippen LogP contribution in [0.15, 0.2) is 29.6 Å². The largest absolute Gasteiger partial charge is 0.452 e. The van der Waals surface area contributed by atoms with Crippen LogP contribution < -0.4 is 5.32 Å². The molecular formula is C22H24N4O3S. The highest BCUT2D eigenvalue weighted by Crippen LogP contribution is 2.29. The zero-order chi connectivity index (χ0) is 21.1. The number of thiazole rings is 1. The van der Waals surface area contributed by atoms with Gasteiger partial charge in [0.2, 0.25) is 0 Å². The van der Waals surface area contributed by atoms with Gasteiger partial charge in [-0.25, -0.2) is 9.78 Å². The Kier molecular flexibility index (Phi) is 6.06. The quantitative estimate of drug-likeness (QED) is 0.609. The van der Waals surface area contributed by atoms with Crippen LogP contribution >= 0.6 is 11.3 Å². The van der Waals surface area contributed by atoms with E-state index in [0.29, 0.717) is 17.2 Å². The summed E-state index contributed by atoms with van der Waals surface area (Å²) in [5.41, 5.74) is 3.98. The van der Waals surface area contributed by atoms with Crippen molar-refractivity contribution in [1.29, 1.82) is 0 Å². The Morgan fingerprint density at radius 1 is 1.27 bits per heavy atom. The molecule has 8 heteroatoms. The summed E-state index contributed by atoms with van der Waals surface area (Å²) in [6, 6.07) is 7.59. The first kappa shape index (κ1) is 20.4. The molecule has 0 spiro atoms. The van der Waals surface area contributed by atoms with Gasteiger partial charge in [-0.05, 0) is 26.0 Å². The highest BCUT2D eigenvalue weighted by atomic mass is 32.1. The van der Waals surface area contributed by atoms with Crippen molar-refractivity contribution >= 4 is 39.2 Å². The summed E-state index contributed by atoms with van der Waals surface area (Å²) in [6.07, 6.45) is 1.84. The summed E-state index contributed by atoms with van der Waals surface area (Å²) in [7, 11) is 0. The van der Waals surface area contributed by atoms with Crippen LogP contribution in [0.4, 0.5) is 5.13 Å². The third-order valence-corrected chi connectivity index (χ3v) is 5.94. The van der Waals surface area contributed by atoms with Crippen LogP contribution in [0.2, 0.25) is 0 Å². The number of esters is 1. The topological polar surface area (TPSA) is 84.4 Å². The summed E-state index contributed by atoms with van der Waals surface area (Å²) in [4.78, 5) is 36.6. The van der Waals surface area contributed by atoms with Gasteiger partial charge < -0.3 is 4.74 Å². The van der Waals surface area contributed by atoms with E-state index in [0.717, 1.165) is 53.8 Å². The normalized spacial score (nSPS) is 13.8. The molecule has 2 aromatic heterocycles. The number of aromatic nitrogens is 2. The van der Waals surface area contributed by atoms with Gasteiger partial charge in [-0.1, -0.05) is 25.1 Å². The van der Waals surface area contributed by atoms with Crippen molar-refractivity contribution in [2.24, 2.45) is 0 Å². The molecule has 7 nitrogen and oxygen atoms in total. The van der Waals surface area contributed by atoms with E-state index in [1.807, 2.05) is 36.6 Å². The Morgan fingerprint density at radius 3 is 2.87 bits per heavy atom. The molecule has 0 bridgehead atoms. The number of ether oxygens (including phenoxy) is 1. The fourth-order valence-electron chi connectivity index (χ4n) is 3.76. The SMILES string of the molecule is CCCN1CCc2nc3ccccc3c(C(=O)OCC(=O)Nc3nc(C)cs3)c2C1. The predicted molar refractivity (Wildman–Crippen MR) is 117 cm³/mol. The number of carbonyl (C=O) groups is 2. The highest BCUT2D eigenvalue weighted by molar-refractivity contribution is 7.13. The van der Waals surface area contributed by atoms with Crippen molar-refractivity contribution in [3.63, 3.8) is 0 Å². The minimum atomic E-state index is -0.492. The van der Waals surface area contributed by atoms with Crippen molar-refractivity contribution < 1.29 is 14.3 Å². The Bertz CT molecular complexity index is 1100. The van der Waals surface area contributed by atoms with Crippen molar-refractivity contribution in [3.05, 3.63) is 52.2 Å². The lowest BCUT2D eigenvalue weighted by molar-refractivity contribution is -0.119. The maximum absolute atomic E-state index is 13.1. The Labute approximate surface area is 179 Å². The number of fused-ring (bicyclic) bond motifs is 2. The molecule has 3 heterocycles. The summed E-state index contributed by atoms with van der Waals surface area (Å²) in [5.74, 6) is -0.897. The number of rotatable bonds is 6. The molecule has 1 aromatic carbocycles. The van der Waals surface area contributed by atoms with Crippen molar-refractivity contribution in [3.8, 4) is 0 Å². The fraction of sp³-hybridized carbons (Fsp3) is 0.364. The predicted octanol–water partition coefficient (Wildman–Crippen LogP) is 3.56. The fourth-order valence-corrected chi connectivity index (χ4v) is 4.46. The van der Waals surface area contributed by atoms with Gasteiger partial charge in [0.25, 0.3) is 5.91 Å². The number of nitrogens with zero attached hydrogens (tertiary/aromatic N) is 3. The van der Waals surface area contributed by atoms with Crippen LogP contribution in [0.25, 0.3) is 10.9 Å². The molecule has 0 fully saturated rings. The summed E-state index contributed by atoms with van der Waals surface area (Å²) in [5, 5.41) is 5.77. The van der Waals surface area contributed by atoms with E-state index in [1.165, 1.54) is 11.3 Å². The lowest BCUT2D eigenvalue weighted by atomic mass is 9.95. The molecule has 4 rings (SSSR count). The number of anilines is 1. The zero-order valence-electron chi connectivity index (χ0n) is 17.1. The average Bonchev–Trinajstić information content (AvgIpc) is 3.15. The van der Waals surface area contributed by atoms with E-state index >= 15 is 0 Å². The number of amides is 1. The van der Waals surface area contributed by atoms with Gasteiger partial charge in [0.15, 0.2) is 11.7 Å². The number of carbonyl (C=O) groups excluding carboxylic acids is 2. The van der Waals surface area contributed by atoms with Crippen molar-refractivity contribution in [1.82, 2.24) is 14.9 Å². The van der Waals surface area contributed by atoms with E-state index in [2.05, 4.69) is 22.1 Å². The molecule has 3 aromatic rings. The highest BCUT2D eigenvalue weighted by Gasteiger charge is 2.26. The van der Waals surface area contributed by atoms with E-state index in [1.54, 1.807) is 0 Å². The van der Waals surface area contributed by atoms with Gasteiger partial charge >= 0.3 is 5.97 Å². The number of benzene rings is 1. The average molecular weight is 425 g/mol. The second-order valence-electron chi connectivity index (χ2n) is 7.37. The van der Waals surface area contributed by atoms with Gasteiger partial charge in [0.05, 0.1) is 16.8 Å². The smallest absolute Gasteiger partial charge is 0.339 e. The molecule has 1 aliphatic heterocycles. The van der Waals surface area contributed by atoms with Crippen LogP contribution in [0.3, 0.4) is 0 Å². The third kappa shape index (κ3) is 4.34. The van der Waals surface area contributed by atoms with Crippen LogP contribution in [0.1, 0.15) is 40.7 Å². The van der Waals surface area contributed by atoms with Gasteiger partial charge in [-0.15, -0.1) is 11.3 Å². The van der Waals surface area contributed by atoms with Gasteiger partial charge in [0, 0.05) is 41.5 Å². The number of hydrogen-bond acceptors (Lipinski definition) is 7. The second-order valence-corrected chi connectivity index (χ2v) is 8.23. The first-order valence-corrected chi connectivity index (χ1v) is 10.9. The Morgan fingerprint density at radius 2 is 2.10 bits per heavy atom. The molecule has 0 saturated heterocycles. The number of pyridine rings is 1. The molecular weight excluding hydrogens is 400 g/mol. The molecule has 156 valence electrons. The number of aryl methyl sites for hydroxylation is 1. The first-order valence-electron chi connectivity index (χ1n) is 10.1. The summed E-state index contributed by atoms with van der Waals surface area (Å²) < 4.78 is 5.42. The molecule has 0 atom stereocenters. The molecule has 1 N–H and O–H groups in total. The van der Waals surface area contributed by atoms with Crippen molar-refractivity contribution in [2.45, 2.75) is 33.2 Å².